The monoisotopic (exact) mass is 286 g/mol. The lowest BCUT2D eigenvalue weighted by atomic mass is 10.2. The number of pyridine rings is 1. The lowest BCUT2D eigenvalue weighted by Gasteiger charge is -2.05. The number of carboxylic acids is 1. The summed E-state index contributed by atoms with van der Waals surface area (Å²) in [5.41, 5.74) is 0.694. The van der Waals surface area contributed by atoms with Crippen molar-refractivity contribution in [2.45, 2.75) is 0 Å². The van der Waals surface area contributed by atoms with Crippen LogP contribution in [0.5, 0.6) is 0 Å². The first kappa shape index (κ1) is 14.4. The Bertz CT molecular complexity index is 696. The van der Waals surface area contributed by atoms with Gasteiger partial charge >= 0.3 is 5.97 Å². The maximum Gasteiger partial charge on any atom is 0.328 e. The van der Waals surface area contributed by atoms with Crippen molar-refractivity contribution in [3.63, 3.8) is 0 Å². The predicted molar refractivity (Wildman–Crippen MR) is 75.3 cm³/mol. The number of hydrogen-bond donors (Lipinski definition) is 2. The fourth-order valence-electron chi connectivity index (χ4n) is 1.56. The minimum Gasteiger partial charge on any atom is -0.478 e. The van der Waals surface area contributed by atoms with Gasteiger partial charge in [-0.3, -0.25) is 4.79 Å². The van der Waals surface area contributed by atoms with E-state index in [9.17, 15) is 14.0 Å². The highest BCUT2D eigenvalue weighted by Crippen LogP contribution is 2.09. The lowest BCUT2D eigenvalue weighted by Crippen LogP contribution is -2.13. The van der Waals surface area contributed by atoms with Gasteiger partial charge in [0, 0.05) is 11.6 Å². The lowest BCUT2D eigenvalue weighted by molar-refractivity contribution is -0.131. The normalized spacial score (nSPS) is 10.5. The predicted octanol–water partition coefficient (Wildman–Crippen LogP) is 2.57. The molecule has 0 aliphatic carbocycles. The van der Waals surface area contributed by atoms with Gasteiger partial charge in [-0.1, -0.05) is 6.07 Å². The number of halogens is 1. The minimum atomic E-state index is -1.09. The molecule has 2 N–H and O–H groups in total. The number of aromatic nitrogens is 1. The average Bonchev–Trinajstić information content (AvgIpc) is 2.46. The molecule has 0 atom stereocenters. The van der Waals surface area contributed by atoms with E-state index >= 15 is 0 Å². The van der Waals surface area contributed by atoms with Crippen LogP contribution in [0.3, 0.4) is 0 Å². The first-order valence-corrected chi connectivity index (χ1v) is 5.99. The molecule has 2 aromatic rings. The van der Waals surface area contributed by atoms with Crippen LogP contribution < -0.4 is 5.32 Å². The van der Waals surface area contributed by atoms with E-state index in [0.717, 1.165) is 6.08 Å². The molecule has 1 aromatic carbocycles. The molecule has 0 saturated heterocycles. The van der Waals surface area contributed by atoms with Crippen LogP contribution in [0.4, 0.5) is 10.2 Å². The summed E-state index contributed by atoms with van der Waals surface area (Å²) in [6, 6.07) is 9.90. The highest BCUT2D eigenvalue weighted by atomic mass is 19.1. The van der Waals surface area contributed by atoms with Crippen LogP contribution >= 0.6 is 0 Å². The molecule has 1 aromatic heterocycles. The van der Waals surface area contributed by atoms with Crippen molar-refractivity contribution < 1.29 is 19.1 Å². The van der Waals surface area contributed by atoms with E-state index in [1.165, 1.54) is 30.3 Å². The molecule has 106 valence electrons. The molecule has 1 heterocycles. The van der Waals surface area contributed by atoms with Gasteiger partial charge in [-0.2, -0.15) is 0 Å². The maximum atomic E-state index is 12.8. The van der Waals surface area contributed by atoms with Crippen LogP contribution in [-0.2, 0) is 4.79 Å². The van der Waals surface area contributed by atoms with Crippen molar-refractivity contribution in [3.8, 4) is 0 Å². The van der Waals surface area contributed by atoms with Crippen LogP contribution in [0.25, 0.3) is 6.08 Å². The average molecular weight is 286 g/mol. The number of hydrogen-bond acceptors (Lipinski definition) is 3. The van der Waals surface area contributed by atoms with Gasteiger partial charge in [-0.25, -0.2) is 14.2 Å². The summed E-state index contributed by atoms with van der Waals surface area (Å²) < 4.78 is 12.8. The molecule has 0 unspecified atom stereocenters. The summed E-state index contributed by atoms with van der Waals surface area (Å²) >= 11 is 0. The molecule has 6 heteroatoms. The van der Waals surface area contributed by atoms with Crippen molar-refractivity contribution in [2.24, 2.45) is 0 Å². The van der Waals surface area contributed by atoms with Gasteiger partial charge < -0.3 is 10.4 Å². The highest BCUT2D eigenvalue weighted by molar-refractivity contribution is 6.03. The molecule has 0 bridgehead atoms. The number of carbonyl (C=O) groups is 2. The Morgan fingerprint density at radius 3 is 2.52 bits per heavy atom. The molecule has 0 spiro atoms. The van der Waals surface area contributed by atoms with E-state index in [1.807, 2.05) is 0 Å². The molecule has 0 saturated carbocycles. The number of nitrogens with one attached hydrogen (secondary N) is 1. The molecule has 5 nitrogen and oxygen atoms in total. The van der Waals surface area contributed by atoms with Crippen LogP contribution in [0, 0.1) is 5.82 Å². The number of rotatable bonds is 4. The van der Waals surface area contributed by atoms with E-state index in [1.54, 1.807) is 18.2 Å². The van der Waals surface area contributed by atoms with Crippen molar-refractivity contribution in [3.05, 3.63) is 65.6 Å². The number of aliphatic carboxylic acids is 1. The third-order valence-electron chi connectivity index (χ3n) is 2.52. The largest absolute Gasteiger partial charge is 0.478 e. The summed E-state index contributed by atoms with van der Waals surface area (Å²) in [6.07, 6.45) is 2.27. The first-order valence-electron chi connectivity index (χ1n) is 5.99. The zero-order chi connectivity index (χ0) is 15.2. The van der Waals surface area contributed by atoms with E-state index < -0.39 is 17.7 Å². The van der Waals surface area contributed by atoms with Gasteiger partial charge in [-0.05, 0) is 42.5 Å². The number of carbonyl (C=O) groups excluding carboxylic acids is 1. The summed E-state index contributed by atoms with van der Waals surface area (Å²) in [5, 5.41) is 11.1. The summed E-state index contributed by atoms with van der Waals surface area (Å²) in [7, 11) is 0. The van der Waals surface area contributed by atoms with Crippen molar-refractivity contribution >= 4 is 23.8 Å². The first-order chi connectivity index (χ1) is 10.0. The van der Waals surface area contributed by atoms with Crippen LogP contribution in [0.1, 0.15) is 16.1 Å². The van der Waals surface area contributed by atoms with Crippen LogP contribution in [0.15, 0.2) is 48.5 Å². The second kappa shape index (κ2) is 6.42. The van der Waals surface area contributed by atoms with Gasteiger partial charge in [0.05, 0.1) is 5.69 Å². The van der Waals surface area contributed by atoms with Crippen molar-refractivity contribution in [2.75, 3.05) is 5.32 Å². The highest BCUT2D eigenvalue weighted by Gasteiger charge is 2.07. The quantitative estimate of drug-likeness (QED) is 0.847. The second-order valence-corrected chi connectivity index (χ2v) is 4.08. The van der Waals surface area contributed by atoms with Gasteiger partial charge in [0.25, 0.3) is 5.91 Å². The zero-order valence-electron chi connectivity index (χ0n) is 10.8. The molecular formula is C15H11FN2O3. The molecule has 21 heavy (non-hydrogen) atoms. The Morgan fingerprint density at radius 1 is 1.14 bits per heavy atom. The smallest absolute Gasteiger partial charge is 0.328 e. The number of carboxylic acid groups (broad SMARTS) is 1. The standard InChI is InChI=1S/C15H11FN2O3/c16-11-6-4-10(5-7-11)15(21)18-13-3-1-2-12(17-13)8-9-14(19)20/h1-9H,(H,19,20)(H,17,18,21). The molecule has 0 aliphatic rings. The molecule has 0 aliphatic heterocycles. The topological polar surface area (TPSA) is 79.3 Å². The molecule has 0 fully saturated rings. The molecular weight excluding hydrogens is 275 g/mol. The van der Waals surface area contributed by atoms with Crippen LogP contribution in [-0.4, -0.2) is 22.0 Å². The number of amides is 1. The maximum absolute atomic E-state index is 12.8. The minimum absolute atomic E-state index is 0.275. The molecule has 2 rings (SSSR count). The fourth-order valence-corrected chi connectivity index (χ4v) is 1.56. The van der Waals surface area contributed by atoms with E-state index in [2.05, 4.69) is 10.3 Å². The Kier molecular flexibility index (Phi) is 4.40. The summed E-state index contributed by atoms with van der Waals surface area (Å²) in [6.45, 7) is 0. The third-order valence-corrected chi connectivity index (χ3v) is 2.52. The Labute approximate surface area is 119 Å². The number of anilines is 1. The zero-order valence-corrected chi connectivity index (χ0v) is 10.8. The Morgan fingerprint density at radius 2 is 1.86 bits per heavy atom. The SMILES string of the molecule is O=C(O)C=Cc1cccc(NC(=O)c2ccc(F)cc2)n1. The second-order valence-electron chi connectivity index (χ2n) is 4.08. The van der Waals surface area contributed by atoms with Gasteiger partial charge in [-0.15, -0.1) is 0 Å². The summed E-state index contributed by atoms with van der Waals surface area (Å²) in [5.74, 6) is -1.67. The molecule has 0 radical (unpaired) electrons. The van der Waals surface area contributed by atoms with E-state index in [-0.39, 0.29) is 5.82 Å². The number of benzene rings is 1. The Hall–Kier alpha value is -3.02. The van der Waals surface area contributed by atoms with Crippen molar-refractivity contribution in [1.82, 2.24) is 4.98 Å². The van der Waals surface area contributed by atoms with Gasteiger partial charge in [0.15, 0.2) is 0 Å². The van der Waals surface area contributed by atoms with Crippen molar-refractivity contribution in [1.29, 1.82) is 0 Å². The number of nitrogens with zero attached hydrogens (tertiary/aromatic N) is 1. The third kappa shape index (κ3) is 4.24. The molecule has 1 amide bonds. The van der Waals surface area contributed by atoms with Gasteiger partial charge in [0.1, 0.15) is 11.6 Å². The van der Waals surface area contributed by atoms with E-state index in [0.29, 0.717) is 11.3 Å². The van der Waals surface area contributed by atoms with E-state index in [4.69, 9.17) is 5.11 Å². The van der Waals surface area contributed by atoms with Gasteiger partial charge in [0.2, 0.25) is 0 Å². The fraction of sp³-hybridized carbons (Fsp3) is 0. The Balaban J connectivity index is 2.12. The summed E-state index contributed by atoms with van der Waals surface area (Å²) in [4.78, 5) is 26.4. The van der Waals surface area contributed by atoms with Crippen LogP contribution in [0.2, 0.25) is 0 Å².